The van der Waals surface area contributed by atoms with E-state index in [0.29, 0.717) is 91.6 Å². The summed E-state index contributed by atoms with van der Waals surface area (Å²) in [6.45, 7) is 6.18. The van der Waals surface area contributed by atoms with Crippen LogP contribution in [0.2, 0.25) is 0 Å². The number of rotatable bonds is 11. The van der Waals surface area contributed by atoms with E-state index >= 15 is 4.39 Å². The van der Waals surface area contributed by atoms with E-state index < -0.39 is 13.6 Å². The van der Waals surface area contributed by atoms with Crippen molar-refractivity contribution in [3.05, 3.63) is 89.7 Å². The number of nitrogens with two attached hydrogens (primary N) is 1. The van der Waals surface area contributed by atoms with Crippen LogP contribution in [0.1, 0.15) is 19.8 Å². The summed E-state index contributed by atoms with van der Waals surface area (Å²) in [6.07, 6.45) is 10.2. The SMILES string of the molecule is COc1cc(-c2cnc(N)c(-c3ccc(NC(=O)C4=CC(C5=CC(=O)C(C)C=N5)=CN(CC5CCOCC5)C4)cc3F)c2)ccc1OC[C@H]1COCCO1.O.O=P(O)(O)O. The topological polar surface area (TPSA) is 256 Å². The van der Waals surface area contributed by atoms with E-state index in [-0.39, 0.29) is 46.3 Å². The first kappa shape index (κ1) is 45.8. The smallest absolute Gasteiger partial charge is 0.466 e. The van der Waals surface area contributed by atoms with Crippen molar-refractivity contribution in [2.45, 2.75) is 25.9 Å². The average Bonchev–Trinajstić information content (AvgIpc) is 3.21. The number of pyridine rings is 1. The van der Waals surface area contributed by atoms with Gasteiger partial charge in [0, 0.05) is 84.5 Å². The number of phosphoric acid groups is 1. The number of methoxy groups -OCH3 is 1. The van der Waals surface area contributed by atoms with Crippen LogP contribution in [-0.2, 0) is 28.4 Å². The van der Waals surface area contributed by atoms with Gasteiger partial charge >= 0.3 is 7.82 Å². The van der Waals surface area contributed by atoms with Crippen LogP contribution in [0.25, 0.3) is 22.3 Å². The van der Waals surface area contributed by atoms with Crippen LogP contribution in [0, 0.1) is 17.7 Å². The van der Waals surface area contributed by atoms with E-state index in [1.54, 1.807) is 56.8 Å². The van der Waals surface area contributed by atoms with Gasteiger partial charge in [-0.3, -0.25) is 14.6 Å². The maximum Gasteiger partial charge on any atom is 0.466 e. The number of nitrogens with one attached hydrogen (secondary N) is 1. The lowest BCUT2D eigenvalue weighted by Gasteiger charge is -2.32. The first-order chi connectivity index (χ1) is 28.2. The molecule has 0 bridgehead atoms. The summed E-state index contributed by atoms with van der Waals surface area (Å²) >= 11 is 0. The minimum atomic E-state index is -4.64. The van der Waals surface area contributed by atoms with Gasteiger partial charge in [0.15, 0.2) is 17.3 Å². The van der Waals surface area contributed by atoms with Crippen molar-refractivity contribution in [3.8, 4) is 33.8 Å². The molecule has 1 amide bonds. The Balaban J connectivity index is 0.00000107. The lowest BCUT2D eigenvalue weighted by atomic mass is 9.96. The molecule has 0 saturated carbocycles. The van der Waals surface area contributed by atoms with E-state index in [1.807, 2.05) is 18.3 Å². The van der Waals surface area contributed by atoms with Crippen molar-refractivity contribution >= 4 is 37.2 Å². The number of nitrogens with zero attached hydrogens (tertiary/aromatic N) is 3. The predicted octanol–water partition coefficient (Wildman–Crippen LogP) is 3.85. The van der Waals surface area contributed by atoms with Crippen LogP contribution in [0.15, 0.2) is 88.8 Å². The van der Waals surface area contributed by atoms with Crippen molar-refractivity contribution in [3.63, 3.8) is 0 Å². The van der Waals surface area contributed by atoms with Gasteiger partial charge in [-0.25, -0.2) is 13.9 Å². The lowest BCUT2D eigenvalue weighted by Crippen LogP contribution is -2.34. The third-order valence-electron chi connectivity index (χ3n) is 9.85. The minimum Gasteiger partial charge on any atom is -0.493 e. The molecule has 5 heterocycles. The summed E-state index contributed by atoms with van der Waals surface area (Å²) in [5, 5.41) is 2.86. The number of halogens is 1. The van der Waals surface area contributed by atoms with E-state index in [0.717, 1.165) is 24.9 Å². The molecule has 0 aliphatic carbocycles. The van der Waals surface area contributed by atoms with Crippen molar-refractivity contribution in [1.82, 2.24) is 9.88 Å². The predicted molar refractivity (Wildman–Crippen MR) is 221 cm³/mol. The number of allylic oxidation sites excluding steroid dienone is 2. The van der Waals surface area contributed by atoms with Crippen LogP contribution in [0.3, 0.4) is 0 Å². The van der Waals surface area contributed by atoms with E-state index in [4.69, 9.17) is 48.7 Å². The Bertz CT molecular complexity index is 2190. The zero-order chi connectivity index (χ0) is 42.1. The standard InChI is InChI=1S/C41H44FN5O7.H3O4P.H2O/c1-25-18-44-36(17-37(25)48)29-13-30(22-47(21-29)20-26-7-9-51-10-8-26)41(49)46-31-4-5-33(35(42)16-31)34-14-28(19-45-40(34)43)27-3-6-38(39(15-27)50-2)54-24-32-23-52-11-12-53-32;1-5(2,3)4;/h3-6,13-19,21,25-26,32H,7-12,20,22-24H2,1-2H3,(H2,43,45)(H,46,49);(H3,1,2,3,4);1H2/t25?,32-;;/m1../s1. The highest BCUT2D eigenvalue weighted by Crippen LogP contribution is 2.37. The first-order valence-electron chi connectivity index (χ1n) is 18.9. The van der Waals surface area contributed by atoms with E-state index in [1.165, 1.54) is 12.1 Å². The van der Waals surface area contributed by atoms with Crippen LogP contribution in [0.5, 0.6) is 11.5 Å². The summed E-state index contributed by atoms with van der Waals surface area (Å²) in [7, 11) is -3.08. The number of carbonyl (C=O) groups excluding carboxylic acids is 2. The maximum absolute atomic E-state index is 15.9. The molecule has 1 unspecified atom stereocenters. The Morgan fingerprint density at radius 2 is 1.78 bits per heavy atom. The largest absolute Gasteiger partial charge is 0.493 e. The summed E-state index contributed by atoms with van der Waals surface area (Å²) in [4.78, 5) is 58.7. The number of nitrogen functional groups attached to an aromatic ring is 1. The molecule has 3 aromatic rings. The average molecular weight is 854 g/mol. The number of ketones is 1. The summed E-state index contributed by atoms with van der Waals surface area (Å²) in [5.74, 6) is 0.323. The molecule has 2 saturated heterocycles. The molecule has 19 heteroatoms. The van der Waals surface area contributed by atoms with E-state index in [9.17, 15) is 9.59 Å². The molecule has 60 heavy (non-hydrogen) atoms. The van der Waals surface area contributed by atoms with E-state index in [2.05, 4.69) is 20.2 Å². The van der Waals surface area contributed by atoms with Gasteiger partial charge in [0.25, 0.3) is 5.91 Å². The number of amides is 1. The second kappa shape index (κ2) is 20.8. The molecule has 2 atom stereocenters. The number of anilines is 2. The van der Waals surface area contributed by atoms with Crippen molar-refractivity contribution in [2.75, 3.05) is 70.9 Å². The van der Waals surface area contributed by atoms with Crippen molar-refractivity contribution in [2.24, 2.45) is 16.8 Å². The summed E-state index contributed by atoms with van der Waals surface area (Å²) in [5.41, 5.74) is 10.3. The third kappa shape index (κ3) is 12.6. The molecule has 8 N–H and O–H groups in total. The summed E-state index contributed by atoms with van der Waals surface area (Å²) < 4.78 is 53.0. The van der Waals surface area contributed by atoms with Gasteiger partial charge in [0.05, 0.1) is 38.5 Å². The zero-order valence-electron chi connectivity index (χ0n) is 33.1. The fourth-order valence-electron chi connectivity index (χ4n) is 6.77. The zero-order valence-corrected chi connectivity index (χ0v) is 34.0. The molecule has 17 nitrogen and oxygen atoms in total. The Hall–Kier alpha value is -5.30. The highest BCUT2D eigenvalue weighted by Gasteiger charge is 2.26. The van der Waals surface area contributed by atoms with Gasteiger partial charge in [0.2, 0.25) is 0 Å². The number of ether oxygens (including phenoxy) is 5. The van der Waals surface area contributed by atoms with Crippen LogP contribution < -0.4 is 20.5 Å². The molecular weight excluding hydrogens is 804 g/mol. The van der Waals surface area contributed by atoms with Crippen LogP contribution in [0.4, 0.5) is 15.9 Å². The highest BCUT2D eigenvalue weighted by molar-refractivity contribution is 7.45. The Labute approximate surface area is 345 Å². The molecule has 1 aromatic heterocycles. The molecule has 4 aliphatic rings. The fourth-order valence-corrected chi connectivity index (χ4v) is 6.77. The van der Waals surface area contributed by atoms with Crippen LogP contribution in [-0.4, -0.2) is 114 Å². The number of hydrogen-bond donors (Lipinski definition) is 5. The van der Waals surface area contributed by atoms with Crippen LogP contribution >= 0.6 is 7.82 Å². The van der Waals surface area contributed by atoms with Gasteiger partial charge < -0.3 is 59.8 Å². The number of carbonyl (C=O) groups is 2. The molecule has 2 fully saturated rings. The minimum absolute atomic E-state index is 0. The second-order valence-electron chi connectivity index (χ2n) is 14.3. The quantitative estimate of drug-likeness (QED) is 0.172. The second-order valence-corrected chi connectivity index (χ2v) is 15.3. The Morgan fingerprint density at radius 3 is 2.47 bits per heavy atom. The van der Waals surface area contributed by atoms with Gasteiger partial charge in [-0.15, -0.1) is 0 Å². The summed E-state index contributed by atoms with van der Waals surface area (Å²) in [6, 6.07) is 11.7. The normalized spacial score (nSPS) is 19.5. The van der Waals surface area contributed by atoms with Gasteiger partial charge in [0.1, 0.15) is 24.3 Å². The molecule has 322 valence electrons. The molecular formula is C41H49FN5O12P. The van der Waals surface area contributed by atoms with Crippen molar-refractivity contribution in [1.29, 1.82) is 0 Å². The molecule has 0 radical (unpaired) electrons. The molecule has 2 aromatic carbocycles. The lowest BCUT2D eigenvalue weighted by molar-refractivity contribution is -0.116. The number of aliphatic imine (C=N–C) groups is 1. The molecule has 4 aliphatic heterocycles. The first-order valence-corrected chi connectivity index (χ1v) is 20.5. The molecule has 0 spiro atoms. The monoisotopic (exact) mass is 853 g/mol. The van der Waals surface area contributed by atoms with Gasteiger partial charge in [-0.2, -0.15) is 0 Å². The fraction of sp³-hybridized carbons (Fsp3) is 0.366. The number of aromatic nitrogens is 1. The Kier molecular flexibility index (Phi) is 15.9. The maximum atomic E-state index is 15.9. The van der Waals surface area contributed by atoms with Gasteiger partial charge in [-0.1, -0.05) is 13.0 Å². The number of hydrogen-bond acceptors (Lipinski definition) is 12. The molecule has 7 rings (SSSR count). The van der Waals surface area contributed by atoms with Gasteiger partial charge in [-0.05, 0) is 66.8 Å². The highest BCUT2D eigenvalue weighted by atomic mass is 31.2. The van der Waals surface area contributed by atoms with Crippen molar-refractivity contribution < 1.29 is 62.4 Å². The third-order valence-corrected chi connectivity index (χ3v) is 9.85. The Morgan fingerprint density at radius 1 is 1.02 bits per heavy atom. The number of benzene rings is 2.